The molecule has 0 bridgehead atoms. The van der Waals surface area contributed by atoms with Crippen molar-refractivity contribution in [1.29, 1.82) is 0 Å². The lowest BCUT2D eigenvalue weighted by Gasteiger charge is -2.25. The van der Waals surface area contributed by atoms with Gasteiger partial charge in [-0.1, -0.05) is 23.8 Å². The number of anilines is 1. The maximum absolute atomic E-state index is 12.7. The molecule has 156 valence electrons. The largest absolute Gasteiger partial charge is 0.454 e. The average molecular weight is 419 g/mol. The van der Waals surface area contributed by atoms with E-state index in [2.05, 4.69) is 11.4 Å². The first kappa shape index (κ1) is 21.0. The number of nitrogens with zero attached hydrogens (tertiary/aromatic N) is 1. The van der Waals surface area contributed by atoms with E-state index in [1.165, 1.54) is 0 Å². The van der Waals surface area contributed by atoms with Crippen LogP contribution in [0.5, 0.6) is 11.5 Å². The number of rotatable bonds is 7. The normalized spacial score (nSPS) is 13.8. The van der Waals surface area contributed by atoms with Crippen molar-refractivity contribution in [2.75, 3.05) is 23.4 Å². The number of hydrogen-bond acceptors (Lipinski definition) is 5. The van der Waals surface area contributed by atoms with Crippen molar-refractivity contribution in [3.63, 3.8) is 0 Å². The van der Waals surface area contributed by atoms with Gasteiger partial charge in [0, 0.05) is 6.07 Å². The molecule has 8 heteroatoms. The smallest absolute Gasteiger partial charge is 0.241 e. The molecule has 0 unspecified atom stereocenters. The van der Waals surface area contributed by atoms with Crippen LogP contribution in [0.1, 0.15) is 36.6 Å². The van der Waals surface area contributed by atoms with E-state index < -0.39 is 10.0 Å². The first-order chi connectivity index (χ1) is 13.7. The van der Waals surface area contributed by atoms with Crippen molar-refractivity contribution in [3.05, 3.63) is 53.1 Å². The summed E-state index contributed by atoms with van der Waals surface area (Å²) in [4.78, 5) is 12.7. The van der Waals surface area contributed by atoms with Crippen LogP contribution in [-0.4, -0.2) is 33.4 Å². The first-order valence-electron chi connectivity index (χ1n) is 9.48. The first-order valence-corrected chi connectivity index (χ1v) is 11.1. The van der Waals surface area contributed by atoms with Crippen LogP contribution in [0.3, 0.4) is 0 Å². The fraction of sp³-hybridized carbons (Fsp3) is 0.381. The third-order valence-corrected chi connectivity index (χ3v) is 6.64. The van der Waals surface area contributed by atoms with Crippen molar-refractivity contribution in [2.45, 2.75) is 33.7 Å². The maximum Gasteiger partial charge on any atom is 0.241 e. The highest BCUT2D eigenvalue weighted by Crippen LogP contribution is 2.36. The topological polar surface area (TPSA) is 84.9 Å². The molecule has 1 aliphatic rings. The summed E-state index contributed by atoms with van der Waals surface area (Å²) in [5.41, 5.74) is 3.58. The molecule has 1 N–H and O–H groups in total. The zero-order chi connectivity index (χ0) is 21.2. The highest BCUT2D eigenvalue weighted by molar-refractivity contribution is 7.92. The Kier molecular flexibility index (Phi) is 6.02. The van der Waals surface area contributed by atoms with Gasteiger partial charge in [-0.2, -0.15) is 0 Å². The Labute approximate surface area is 171 Å². The van der Waals surface area contributed by atoms with Gasteiger partial charge >= 0.3 is 0 Å². The van der Waals surface area contributed by atoms with Crippen LogP contribution in [-0.2, 0) is 14.8 Å². The number of carbonyl (C=O) groups excluding carboxylic acids is 1. The summed E-state index contributed by atoms with van der Waals surface area (Å²) in [6, 6.07) is 10.6. The summed E-state index contributed by atoms with van der Waals surface area (Å²) >= 11 is 0. The van der Waals surface area contributed by atoms with E-state index in [0.717, 1.165) is 21.0 Å². The van der Waals surface area contributed by atoms with Crippen LogP contribution in [0.4, 0.5) is 5.69 Å². The van der Waals surface area contributed by atoms with Crippen molar-refractivity contribution in [2.24, 2.45) is 0 Å². The van der Waals surface area contributed by atoms with E-state index in [0.29, 0.717) is 17.2 Å². The molecule has 2 aromatic rings. The summed E-state index contributed by atoms with van der Waals surface area (Å²) in [7, 11) is -3.66. The van der Waals surface area contributed by atoms with Gasteiger partial charge in [0.15, 0.2) is 11.5 Å². The molecule has 0 saturated heterocycles. The standard InChI is InChI=1S/C21H26N2O5S/c1-5-29(25,26)23(17-7-9-19-20(11-17)28-13-27-19)12-21(24)22-16(4)18-8-6-14(2)10-15(18)3/h6-11,16H,5,12-13H2,1-4H3,(H,22,24)/t16-/m1/s1. The average Bonchev–Trinajstić information content (AvgIpc) is 3.13. The summed E-state index contributed by atoms with van der Waals surface area (Å²) in [5, 5.41) is 2.90. The van der Waals surface area contributed by atoms with Gasteiger partial charge in [-0.05, 0) is 51.0 Å². The number of benzene rings is 2. The molecule has 0 radical (unpaired) electrons. The molecule has 0 fully saturated rings. The number of hydrogen-bond donors (Lipinski definition) is 1. The molecule has 1 heterocycles. The van der Waals surface area contributed by atoms with E-state index >= 15 is 0 Å². The van der Waals surface area contributed by atoms with Gasteiger partial charge in [-0.15, -0.1) is 0 Å². The number of carbonyl (C=O) groups is 1. The second-order valence-corrected chi connectivity index (χ2v) is 9.28. The molecule has 0 aliphatic carbocycles. The molecule has 2 aromatic carbocycles. The van der Waals surface area contributed by atoms with Gasteiger partial charge < -0.3 is 14.8 Å². The highest BCUT2D eigenvalue weighted by atomic mass is 32.2. The van der Waals surface area contributed by atoms with Crippen LogP contribution in [0.25, 0.3) is 0 Å². The fourth-order valence-corrected chi connectivity index (χ4v) is 4.41. The molecule has 0 aromatic heterocycles. The Morgan fingerprint density at radius 1 is 1.14 bits per heavy atom. The number of ether oxygens (including phenoxy) is 2. The van der Waals surface area contributed by atoms with Gasteiger partial charge in [0.25, 0.3) is 0 Å². The number of amides is 1. The lowest BCUT2D eigenvalue weighted by Crippen LogP contribution is -2.42. The number of sulfonamides is 1. The minimum atomic E-state index is -3.66. The molecule has 0 saturated carbocycles. The Bertz CT molecular complexity index is 1020. The van der Waals surface area contributed by atoms with Crippen LogP contribution in [0.15, 0.2) is 36.4 Å². The second-order valence-electron chi connectivity index (χ2n) is 7.09. The zero-order valence-corrected chi connectivity index (χ0v) is 17.9. The Morgan fingerprint density at radius 2 is 1.86 bits per heavy atom. The molecule has 3 rings (SSSR count). The van der Waals surface area contributed by atoms with E-state index in [-0.39, 0.29) is 31.0 Å². The Balaban J connectivity index is 1.80. The molecule has 1 amide bonds. The van der Waals surface area contributed by atoms with Crippen molar-refractivity contribution in [1.82, 2.24) is 5.32 Å². The second kappa shape index (κ2) is 8.32. The Morgan fingerprint density at radius 3 is 2.55 bits per heavy atom. The van der Waals surface area contributed by atoms with Crippen LogP contribution in [0.2, 0.25) is 0 Å². The molecule has 1 aliphatic heterocycles. The van der Waals surface area contributed by atoms with Crippen molar-refractivity contribution in [3.8, 4) is 11.5 Å². The summed E-state index contributed by atoms with van der Waals surface area (Å²) < 4.78 is 37.0. The molecule has 0 spiro atoms. The fourth-order valence-electron chi connectivity index (χ4n) is 3.35. The Hall–Kier alpha value is -2.74. The lowest BCUT2D eigenvalue weighted by atomic mass is 10.0. The van der Waals surface area contributed by atoms with E-state index in [1.54, 1.807) is 25.1 Å². The summed E-state index contributed by atoms with van der Waals surface area (Å²) in [5.74, 6) is 0.506. The van der Waals surface area contributed by atoms with Gasteiger partial charge in [0.1, 0.15) is 6.54 Å². The number of nitrogens with one attached hydrogen (secondary N) is 1. The third kappa shape index (κ3) is 4.64. The van der Waals surface area contributed by atoms with E-state index in [9.17, 15) is 13.2 Å². The highest BCUT2D eigenvalue weighted by Gasteiger charge is 2.26. The SMILES string of the molecule is CCS(=O)(=O)N(CC(=O)N[C@H](C)c1ccc(C)cc1C)c1ccc2c(c1)OCO2. The molecule has 7 nitrogen and oxygen atoms in total. The predicted octanol–water partition coefficient (Wildman–Crippen LogP) is 3.07. The van der Waals surface area contributed by atoms with Crippen molar-refractivity contribution >= 4 is 21.6 Å². The third-order valence-electron chi connectivity index (χ3n) is 4.90. The predicted molar refractivity (Wildman–Crippen MR) is 112 cm³/mol. The van der Waals surface area contributed by atoms with E-state index in [4.69, 9.17) is 9.47 Å². The van der Waals surface area contributed by atoms with E-state index in [1.807, 2.05) is 32.9 Å². The monoisotopic (exact) mass is 418 g/mol. The minimum Gasteiger partial charge on any atom is -0.454 e. The molecule has 29 heavy (non-hydrogen) atoms. The van der Waals surface area contributed by atoms with Crippen molar-refractivity contribution < 1.29 is 22.7 Å². The minimum absolute atomic E-state index is 0.0905. The maximum atomic E-state index is 12.7. The number of aryl methyl sites for hydroxylation is 2. The van der Waals surface area contributed by atoms with Crippen LogP contribution >= 0.6 is 0 Å². The van der Waals surface area contributed by atoms with Gasteiger partial charge in [0.05, 0.1) is 17.5 Å². The number of fused-ring (bicyclic) bond motifs is 1. The van der Waals surface area contributed by atoms with Gasteiger partial charge in [-0.3, -0.25) is 9.10 Å². The quantitative estimate of drug-likeness (QED) is 0.747. The lowest BCUT2D eigenvalue weighted by molar-refractivity contribution is -0.120. The van der Waals surface area contributed by atoms with Gasteiger partial charge in [-0.25, -0.2) is 8.42 Å². The van der Waals surface area contributed by atoms with Crippen LogP contribution in [0, 0.1) is 13.8 Å². The zero-order valence-electron chi connectivity index (χ0n) is 17.1. The van der Waals surface area contributed by atoms with Crippen LogP contribution < -0.4 is 19.1 Å². The summed E-state index contributed by atoms with van der Waals surface area (Å²) in [6.45, 7) is 7.21. The molecular formula is C21H26N2O5S. The molecule has 1 atom stereocenters. The molecular weight excluding hydrogens is 392 g/mol. The van der Waals surface area contributed by atoms with Gasteiger partial charge in [0.2, 0.25) is 22.7 Å². The summed E-state index contributed by atoms with van der Waals surface area (Å²) in [6.07, 6.45) is 0.